The standard InChI is InChI=1S/C31H41N3O5/c1-9-33-19-23(24-12-10-11-13-26(24)33)14-25(31(36)34(17-20(2)3)18-21(4)5)32-30(35)22-15-27(37-6)29(39-8)28(16-22)38-7/h10-16,19-21H,9,17-18H2,1-8H3,(H,32,35)/b25-14-. The summed E-state index contributed by atoms with van der Waals surface area (Å²) in [6.07, 6.45) is 3.79. The first-order valence-corrected chi connectivity index (χ1v) is 13.3. The topological polar surface area (TPSA) is 82.0 Å². The van der Waals surface area contributed by atoms with Crippen LogP contribution in [0.4, 0.5) is 0 Å². The minimum Gasteiger partial charge on any atom is -0.493 e. The van der Waals surface area contributed by atoms with Gasteiger partial charge in [-0.15, -0.1) is 0 Å². The zero-order chi connectivity index (χ0) is 28.7. The summed E-state index contributed by atoms with van der Waals surface area (Å²) in [5.41, 5.74) is 2.40. The normalized spacial score (nSPS) is 11.7. The molecule has 0 bridgehead atoms. The Labute approximate surface area is 231 Å². The molecule has 0 fully saturated rings. The van der Waals surface area contributed by atoms with Gasteiger partial charge in [-0.2, -0.15) is 0 Å². The fourth-order valence-electron chi connectivity index (χ4n) is 4.66. The number of hydrogen-bond donors (Lipinski definition) is 1. The maximum absolute atomic E-state index is 14.0. The summed E-state index contributed by atoms with van der Waals surface area (Å²) in [6.45, 7) is 12.3. The van der Waals surface area contributed by atoms with Crippen molar-refractivity contribution in [3.05, 3.63) is 59.4 Å². The first kappa shape index (κ1) is 29.6. The number of aryl methyl sites for hydroxylation is 1. The Bertz CT molecular complexity index is 1300. The van der Waals surface area contributed by atoms with E-state index in [1.807, 2.05) is 29.3 Å². The molecule has 0 aliphatic rings. The van der Waals surface area contributed by atoms with Gasteiger partial charge in [0.25, 0.3) is 11.8 Å². The van der Waals surface area contributed by atoms with E-state index in [9.17, 15) is 9.59 Å². The molecule has 0 unspecified atom stereocenters. The molecule has 1 N–H and O–H groups in total. The van der Waals surface area contributed by atoms with Gasteiger partial charge in [0.1, 0.15) is 5.70 Å². The van der Waals surface area contributed by atoms with Crippen molar-refractivity contribution >= 4 is 28.8 Å². The summed E-state index contributed by atoms with van der Waals surface area (Å²) < 4.78 is 18.4. The highest BCUT2D eigenvalue weighted by Crippen LogP contribution is 2.38. The third-order valence-electron chi connectivity index (χ3n) is 6.32. The number of para-hydroxylation sites is 1. The molecule has 210 valence electrons. The van der Waals surface area contributed by atoms with Crippen molar-refractivity contribution in [1.29, 1.82) is 0 Å². The predicted octanol–water partition coefficient (Wildman–Crippen LogP) is 5.60. The van der Waals surface area contributed by atoms with E-state index in [2.05, 4.69) is 50.6 Å². The Kier molecular flexibility index (Phi) is 10.0. The Balaban J connectivity index is 2.12. The number of carbonyl (C=O) groups is 2. The second-order valence-electron chi connectivity index (χ2n) is 10.3. The van der Waals surface area contributed by atoms with Gasteiger partial charge in [-0.25, -0.2) is 0 Å². The Morgan fingerprint density at radius 3 is 2.05 bits per heavy atom. The Hall–Kier alpha value is -3.94. The van der Waals surface area contributed by atoms with E-state index in [1.165, 1.54) is 21.3 Å². The molecular formula is C31H41N3O5. The summed E-state index contributed by atoms with van der Waals surface area (Å²) >= 11 is 0. The van der Waals surface area contributed by atoms with Crippen LogP contribution >= 0.6 is 0 Å². The molecule has 0 spiro atoms. The monoisotopic (exact) mass is 535 g/mol. The van der Waals surface area contributed by atoms with Crippen molar-refractivity contribution in [1.82, 2.24) is 14.8 Å². The highest BCUT2D eigenvalue weighted by Gasteiger charge is 2.24. The maximum atomic E-state index is 14.0. The number of ether oxygens (including phenoxy) is 3. The molecule has 0 radical (unpaired) electrons. The van der Waals surface area contributed by atoms with Gasteiger partial charge >= 0.3 is 0 Å². The van der Waals surface area contributed by atoms with Crippen molar-refractivity contribution in [3.8, 4) is 17.2 Å². The molecule has 2 amide bonds. The van der Waals surface area contributed by atoms with Gasteiger partial charge in [-0.3, -0.25) is 9.59 Å². The van der Waals surface area contributed by atoms with Crippen molar-refractivity contribution in [2.24, 2.45) is 11.8 Å². The summed E-state index contributed by atoms with van der Waals surface area (Å²) in [7, 11) is 4.49. The molecule has 8 heteroatoms. The third kappa shape index (κ3) is 6.93. The van der Waals surface area contributed by atoms with Crippen molar-refractivity contribution in [2.45, 2.75) is 41.2 Å². The predicted molar refractivity (Wildman–Crippen MR) is 155 cm³/mol. The molecule has 39 heavy (non-hydrogen) atoms. The molecule has 0 saturated carbocycles. The first-order valence-electron chi connectivity index (χ1n) is 13.3. The molecule has 0 saturated heterocycles. The highest BCUT2D eigenvalue weighted by atomic mass is 16.5. The molecule has 0 aliphatic carbocycles. The van der Waals surface area contributed by atoms with E-state index in [0.717, 1.165) is 23.0 Å². The number of rotatable bonds is 12. The summed E-state index contributed by atoms with van der Waals surface area (Å²) in [5.74, 6) is 0.935. The average Bonchev–Trinajstić information content (AvgIpc) is 3.27. The Morgan fingerprint density at radius 2 is 1.54 bits per heavy atom. The number of amides is 2. The van der Waals surface area contributed by atoms with Crippen LogP contribution in [-0.2, 0) is 11.3 Å². The minimum atomic E-state index is -0.456. The van der Waals surface area contributed by atoms with E-state index in [4.69, 9.17) is 14.2 Å². The van der Waals surface area contributed by atoms with Crippen molar-refractivity contribution in [3.63, 3.8) is 0 Å². The fourth-order valence-corrected chi connectivity index (χ4v) is 4.66. The van der Waals surface area contributed by atoms with Gasteiger partial charge in [0.05, 0.1) is 21.3 Å². The van der Waals surface area contributed by atoms with E-state index in [1.54, 1.807) is 18.2 Å². The molecule has 1 heterocycles. The summed E-state index contributed by atoms with van der Waals surface area (Å²) in [5, 5.41) is 3.92. The van der Waals surface area contributed by atoms with Crippen LogP contribution in [0.5, 0.6) is 17.2 Å². The zero-order valence-electron chi connectivity index (χ0n) is 24.3. The van der Waals surface area contributed by atoms with Crippen LogP contribution in [0.3, 0.4) is 0 Å². The lowest BCUT2D eigenvalue weighted by molar-refractivity contribution is -0.128. The molecule has 8 nitrogen and oxygen atoms in total. The van der Waals surface area contributed by atoms with Crippen LogP contribution in [0.15, 0.2) is 48.3 Å². The third-order valence-corrected chi connectivity index (χ3v) is 6.32. The summed E-state index contributed by atoms with van der Waals surface area (Å²) in [4.78, 5) is 29.4. The fraction of sp³-hybridized carbons (Fsp3) is 0.419. The lowest BCUT2D eigenvalue weighted by Gasteiger charge is -2.27. The summed E-state index contributed by atoms with van der Waals surface area (Å²) in [6, 6.07) is 11.2. The van der Waals surface area contributed by atoms with Gasteiger partial charge in [-0.1, -0.05) is 45.9 Å². The second-order valence-corrected chi connectivity index (χ2v) is 10.3. The van der Waals surface area contributed by atoms with E-state index in [0.29, 0.717) is 30.3 Å². The van der Waals surface area contributed by atoms with Crippen LogP contribution in [0, 0.1) is 11.8 Å². The number of aromatic nitrogens is 1. The maximum Gasteiger partial charge on any atom is 0.270 e. The van der Waals surface area contributed by atoms with E-state index < -0.39 is 5.91 Å². The van der Waals surface area contributed by atoms with Gasteiger partial charge in [0.2, 0.25) is 5.75 Å². The van der Waals surface area contributed by atoms with Gasteiger partial charge in [0.15, 0.2) is 11.5 Å². The van der Waals surface area contributed by atoms with Crippen molar-refractivity contribution < 1.29 is 23.8 Å². The van der Waals surface area contributed by atoms with Crippen LogP contribution in [-0.4, -0.2) is 55.7 Å². The van der Waals surface area contributed by atoms with E-state index >= 15 is 0 Å². The van der Waals surface area contributed by atoms with Crippen molar-refractivity contribution in [2.75, 3.05) is 34.4 Å². The SMILES string of the molecule is CCn1cc(/C=C(\NC(=O)c2cc(OC)c(OC)c(OC)c2)C(=O)N(CC(C)C)CC(C)C)c2ccccc21. The number of nitrogens with zero attached hydrogens (tertiary/aromatic N) is 2. The molecule has 1 aromatic heterocycles. The van der Waals surface area contributed by atoms with Crippen LogP contribution < -0.4 is 19.5 Å². The zero-order valence-corrected chi connectivity index (χ0v) is 24.3. The van der Waals surface area contributed by atoms with Gasteiger partial charge in [0, 0.05) is 47.9 Å². The molecule has 0 aliphatic heterocycles. The average molecular weight is 536 g/mol. The van der Waals surface area contributed by atoms with Crippen LogP contribution in [0.25, 0.3) is 17.0 Å². The second kappa shape index (κ2) is 13.2. The minimum absolute atomic E-state index is 0.203. The lowest BCUT2D eigenvalue weighted by atomic mass is 10.1. The van der Waals surface area contributed by atoms with Gasteiger partial charge < -0.3 is 29.0 Å². The Morgan fingerprint density at radius 1 is 0.949 bits per heavy atom. The molecule has 0 atom stereocenters. The molecule has 3 rings (SSSR count). The number of methoxy groups -OCH3 is 3. The largest absolute Gasteiger partial charge is 0.493 e. The number of nitrogens with one attached hydrogen (secondary N) is 1. The number of carbonyl (C=O) groups excluding carboxylic acids is 2. The number of fused-ring (bicyclic) bond motifs is 1. The first-order chi connectivity index (χ1) is 18.6. The van der Waals surface area contributed by atoms with Crippen LogP contribution in [0.1, 0.15) is 50.5 Å². The molecular weight excluding hydrogens is 494 g/mol. The molecule has 3 aromatic rings. The van der Waals surface area contributed by atoms with E-state index in [-0.39, 0.29) is 29.0 Å². The smallest absolute Gasteiger partial charge is 0.270 e. The number of benzene rings is 2. The molecule has 2 aromatic carbocycles. The highest BCUT2D eigenvalue weighted by molar-refractivity contribution is 6.07. The number of hydrogen-bond acceptors (Lipinski definition) is 5. The van der Waals surface area contributed by atoms with Crippen LogP contribution in [0.2, 0.25) is 0 Å². The quantitative estimate of drug-likeness (QED) is 0.306. The van der Waals surface area contributed by atoms with Gasteiger partial charge in [-0.05, 0) is 43.0 Å². The lowest BCUT2D eigenvalue weighted by Crippen LogP contribution is -2.42.